The minimum Gasteiger partial charge on any atom is -0.300 e. The lowest BCUT2D eigenvalue weighted by Gasteiger charge is -2.10. The van der Waals surface area contributed by atoms with Crippen LogP contribution in [-0.2, 0) is 16.6 Å². The zero-order valence-corrected chi connectivity index (χ0v) is 14.9. The molecule has 0 aliphatic heterocycles. The van der Waals surface area contributed by atoms with Crippen LogP contribution < -0.4 is 5.56 Å². The molecule has 0 spiro atoms. The maximum atomic E-state index is 13.0. The summed E-state index contributed by atoms with van der Waals surface area (Å²) >= 11 is 5.19. The predicted octanol–water partition coefficient (Wildman–Crippen LogP) is 3.81. The largest absolute Gasteiger partial charge is 0.300 e. The first-order chi connectivity index (χ1) is 12.1. The van der Waals surface area contributed by atoms with Crippen molar-refractivity contribution in [1.29, 1.82) is 0 Å². The summed E-state index contributed by atoms with van der Waals surface area (Å²) in [4.78, 5) is 14.6. The second-order valence-corrected chi connectivity index (χ2v) is 7.16. The summed E-state index contributed by atoms with van der Waals surface area (Å²) in [5.74, 6) is 0.401. The second-order valence-electron chi connectivity index (χ2n) is 5.35. The Bertz CT molecular complexity index is 1020. The van der Waals surface area contributed by atoms with Crippen LogP contribution in [0, 0.1) is 4.77 Å². The molecule has 1 aromatic heterocycles. The van der Waals surface area contributed by atoms with Gasteiger partial charge in [-0.05, 0) is 23.3 Å². The fourth-order valence-electron chi connectivity index (χ4n) is 2.33. The van der Waals surface area contributed by atoms with Crippen molar-refractivity contribution in [3.8, 4) is 0 Å². The van der Waals surface area contributed by atoms with E-state index in [2.05, 4.69) is 4.98 Å². The molecule has 0 saturated heterocycles. The van der Waals surface area contributed by atoms with E-state index < -0.39 is 10.8 Å². The molecule has 2 aromatic carbocycles. The number of hydrogen-bond acceptors (Lipinski definition) is 3. The smallest absolute Gasteiger partial charge is 0.251 e. The summed E-state index contributed by atoms with van der Waals surface area (Å²) in [6, 6.07) is 20.6. The van der Waals surface area contributed by atoms with Gasteiger partial charge >= 0.3 is 0 Å². The molecule has 6 heteroatoms. The Hall–Kier alpha value is -2.57. The van der Waals surface area contributed by atoms with Gasteiger partial charge in [-0.2, -0.15) is 0 Å². The van der Waals surface area contributed by atoms with Crippen LogP contribution in [0.1, 0.15) is 11.1 Å². The van der Waals surface area contributed by atoms with Gasteiger partial charge in [0.05, 0.1) is 21.5 Å². The van der Waals surface area contributed by atoms with Crippen LogP contribution in [0.25, 0.3) is 11.1 Å². The monoisotopic (exact) mass is 368 g/mol. The van der Waals surface area contributed by atoms with Crippen LogP contribution in [0.4, 0.5) is 0 Å². The lowest BCUT2D eigenvalue weighted by atomic mass is 10.2. The van der Waals surface area contributed by atoms with Crippen LogP contribution in [0.15, 0.2) is 77.7 Å². The van der Waals surface area contributed by atoms with E-state index in [0.717, 1.165) is 11.1 Å². The van der Waals surface area contributed by atoms with Crippen molar-refractivity contribution >= 4 is 34.1 Å². The predicted molar refractivity (Wildman–Crippen MR) is 105 cm³/mol. The van der Waals surface area contributed by atoms with E-state index in [9.17, 15) is 9.00 Å². The van der Waals surface area contributed by atoms with Gasteiger partial charge in [0, 0.05) is 18.5 Å². The van der Waals surface area contributed by atoms with Gasteiger partial charge in [0.1, 0.15) is 0 Å². The first-order valence-electron chi connectivity index (χ1n) is 7.64. The fraction of sp³-hybridized carbons (Fsp3) is 0.0526. The highest BCUT2D eigenvalue weighted by Gasteiger charge is 2.11. The molecule has 0 fully saturated rings. The Kier molecular flexibility index (Phi) is 5.53. The van der Waals surface area contributed by atoms with Crippen molar-refractivity contribution in [3.05, 3.63) is 99.2 Å². The molecule has 3 rings (SSSR count). The number of H-pyrrole nitrogens is 1. The third-order valence-electron chi connectivity index (χ3n) is 3.55. The molecule has 0 aliphatic carbocycles. The summed E-state index contributed by atoms with van der Waals surface area (Å²) in [6.07, 6.45) is 3.29. The highest BCUT2D eigenvalue weighted by molar-refractivity contribution is 7.94. The van der Waals surface area contributed by atoms with E-state index in [-0.39, 0.29) is 10.3 Å². The number of aromatic amines is 1. The summed E-state index contributed by atoms with van der Waals surface area (Å²) in [5, 5.41) is 0. The van der Waals surface area contributed by atoms with Gasteiger partial charge in [-0.25, -0.2) is 0 Å². The van der Waals surface area contributed by atoms with Gasteiger partial charge in [0.2, 0.25) is 0 Å². The molecule has 1 atom stereocenters. The standard InChI is InChI=1S/C19H16N2O2S2/c22-18-11-12-21(19(24)20-18)13-17(16-9-5-2-6-10-16)25(23)14-15-7-3-1-4-8-15/h1-13H,14H2,(H,20,22,24)/b17-13+. The van der Waals surface area contributed by atoms with Crippen molar-refractivity contribution in [2.24, 2.45) is 0 Å². The zero-order valence-electron chi connectivity index (χ0n) is 13.3. The normalized spacial score (nSPS) is 12.7. The van der Waals surface area contributed by atoms with Crippen molar-refractivity contribution in [3.63, 3.8) is 0 Å². The van der Waals surface area contributed by atoms with E-state index in [0.29, 0.717) is 10.7 Å². The molecule has 0 amide bonds. The Balaban J connectivity index is 2.04. The van der Waals surface area contributed by atoms with E-state index >= 15 is 0 Å². The number of hydrogen-bond donors (Lipinski definition) is 1. The maximum absolute atomic E-state index is 13.0. The van der Waals surface area contributed by atoms with Crippen molar-refractivity contribution in [1.82, 2.24) is 9.55 Å². The first-order valence-corrected chi connectivity index (χ1v) is 9.37. The minimum absolute atomic E-state index is 0.262. The molecule has 0 radical (unpaired) electrons. The summed E-state index contributed by atoms with van der Waals surface area (Å²) in [7, 11) is -1.27. The van der Waals surface area contributed by atoms with Gasteiger partial charge < -0.3 is 0 Å². The number of aromatic nitrogens is 2. The van der Waals surface area contributed by atoms with Crippen molar-refractivity contribution in [2.45, 2.75) is 5.75 Å². The summed E-state index contributed by atoms with van der Waals surface area (Å²) in [5.41, 5.74) is 1.58. The molecule has 0 aliphatic rings. The number of rotatable bonds is 5. The van der Waals surface area contributed by atoms with Crippen LogP contribution >= 0.6 is 12.2 Å². The van der Waals surface area contributed by atoms with Crippen LogP contribution in [0.3, 0.4) is 0 Å². The molecule has 1 N–H and O–H groups in total. The lowest BCUT2D eigenvalue weighted by molar-refractivity contribution is 0.688. The average molecular weight is 368 g/mol. The number of benzene rings is 2. The Morgan fingerprint density at radius 1 is 1.04 bits per heavy atom. The van der Waals surface area contributed by atoms with Gasteiger partial charge in [-0.3, -0.25) is 18.6 Å². The molecule has 25 heavy (non-hydrogen) atoms. The Morgan fingerprint density at radius 2 is 1.68 bits per heavy atom. The number of nitrogens with one attached hydrogen (secondary N) is 1. The SMILES string of the molecule is O=c1ccn(/C=C(\c2ccccc2)S(=O)Cc2ccccc2)c(=S)[nH]1. The quantitative estimate of drug-likeness (QED) is 0.697. The highest BCUT2D eigenvalue weighted by Crippen LogP contribution is 2.22. The molecular formula is C19H16N2O2S2. The maximum Gasteiger partial charge on any atom is 0.251 e. The van der Waals surface area contributed by atoms with E-state index in [4.69, 9.17) is 12.2 Å². The van der Waals surface area contributed by atoms with Gasteiger partial charge in [-0.1, -0.05) is 60.7 Å². The molecule has 1 heterocycles. The Morgan fingerprint density at radius 3 is 2.32 bits per heavy atom. The topological polar surface area (TPSA) is 54.9 Å². The van der Waals surface area contributed by atoms with Crippen LogP contribution in [0.2, 0.25) is 0 Å². The fourth-order valence-corrected chi connectivity index (χ4v) is 3.82. The third-order valence-corrected chi connectivity index (χ3v) is 5.29. The molecular weight excluding hydrogens is 352 g/mol. The minimum atomic E-state index is -1.27. The third kappa shape index (κ3) is 4.49. The lowest BCUT2D eigenvalue weighted by Crippen LogP contribution is -2.09. The molecule has 3 aromatic rings. The van der Waals surface area contributed by atoms with Crippen LogP contribution in [-0.4, -0.2) is 13.8 Å². The summed E-state index contributed by atoms with van der Waals surface area (Å²) < 4.78 is 14.9. The molecule has 1 unspecified atom stereocenters. The van der Waals surface area contributed by atoms with E-state index in [1.807, 2.05) is 60.7 Å². The van der Waals surface area contributed by atoms with E-state index in [1.54, 1.807) is 17.0 Å². The van der Waals surface area contributed by atoms with Crippen molar-refractivity contribution in [2.75, 3.05) is 0 Å². The zero-order chi connectivity index (χ0) is 17.6. The average Bonchev–Trinajstić information content (AvgIpc) is 2.62. The highest BCUT2D eigenvalue weighted by atomic mass is 32.2. The molecule has 0 bridgehead atoms. The van der Waals surface area contributed by atoms with Gasteiger partial charge in [0.15, 0.2) is 4.77 Å². The summed E-state index contributed by atoms with van der Waals surface area (Å²) in [6.45, 7) is 0. The second kappa shape index (κ2) is 8.00. The van der Waals surface area contributed by atoms with Crippen molar-refractivity contribution < 1.29 is 4.21 Å². The number of nitrogens with zero attached hydrogens (tertiary/aromatic N) is 1. The first kappa shape index (κ1) is 17.3. The van der Waals surface area contributed by atoms with Crippen LogP contribution in [0.5, 0.6) is 0 Å². The van der Waals surface area contributed by atoms with Gasteiger partial charge in [-0.15, -0.1) is 0 Å². The van der Waals surface area contributed by atoms with Gasteiger partial charge in [0.25, 0.3) is 5.56 Å². The molecule has 126 valence electrons. The molecule has 0 saturated carbocycles. The van der Waals surface area contributed by atoms with E-state index in [1.165, 1.54) is 6.07 Å². The molecule has 4 nitrogen and oxygen atoms in total. The Labute approximate surface area is 152 Å².